The van der Waals surface area contributed by atoms with Gasteiger partial charge in [-0.25, -0.2) is 0 Å². The van der Waals surface area contributed by atoms with Gasteiger partial charge in [0.25, 0.3) is 0 Å². The largest absolute Gasteiger partial charge is 0.339 e. The van der Waals surface area contributed by atoms with Crippen molar-refractivity contribution in [2.24, 2.45) is 7.05 Å². The normalized spacial score (nSPS) is 10.9. The third-order valence-electron chi connectivity index (χ3n) is 1.48. The molecule has 0 amide bonds. The Morgan fingerprint density at radius 3 is 2.75 bits per heavy atom. The number of halogens is 2. The second kappa shape index (κ2) is 3.92. The van der Waals surface area contributed by atoms with Crippen LogP contribution in [0.3, 0.4) is 0 Å². The van der Waals surface area contributed by atoms with Gasteiger partial charge in [-0.05, 0) is 51.8 Å². The molecule has 1 heterocycles. The summed E-state index contributed by atoms with van der Waals surface area (Å²) in [6.07, 6.45) is 2.99. The van der Waals surface area contributed by atoms with E-state index in [0.29, 0.717) is 0 Å². The van der Waals surface area contributed by atoms with Crippen molar-refractivity contribution in [2.75, 3.05) is 0 Å². The lowest BCUT2D eigenvalue weighted by molar-refractivity contribution is -0.107. The fourth-order valence-electron chi connectivity index (χ4n) is 0.819. The maximum atomic E-state index is 10.4. The molecule has 0 radical (unpaired) electrons. The molecule has 0 N–H and O–H groups in total. The zero-order valence-corrected chi connectivity index (χ0v) is 8.76. The fourth-order valence-corrected chi connectivity index (χ4v) is 1.22. The van der Waals surface area contributed by atoms with Gasteiger partial charge in [0.15, 0.2) is 0 Å². The first-order valence-electron chi connectivity index (χ1n) is 3.30. The summed E-state index contributed by atoms with van der Waals surface area (Å²) < 4.78 is 2.86. The Labute approximate surface area is 84.0 Å². The summed E-state index contributed by atoms with van der Waals surface area (Å²) in [7, 11) is 1.89. The summed E-state index contributed by atoms with van der Waals surface area (Å²) in [5, 5.41) is -0.465. The minimum absolute atomic E-state index is 0.465. The van der Waals surface area contributed by atoms with E-state index in [-0.39, 0.29) is 0 Å². The lowest BCUT2D eigenvalue weighted by Gasteiger charge is -1.96. The highest BCUT2D eigenvalue weighted by Gasteiger charge is 1.97. The van der Waals surface area contributed by atoms with E-state index in [1.807, 2.05) is 23.7 Å². The first kappa shape index (κ1) is 9.55. The molecule has 0 fully saturated rings. The molecule has 0 aliphatic rings. The van der Waals surface area contributed by atoms with Crippen molar-refractivity contribution >= 4 is 38.8 Å². The second-order valence-electron chi connectivity index (χ2n) is 2.28. The van der Waals surface area contributed by atoms with Gasteiger partial charge in [0, 0.05) is 12.7 Å². The zero-order chi connectivity index (χ0) is 9.14. The Morgan fingerprint density at radius 2 is 2.33 bits per heavy atom. The molecular formula is C8H7BrClNO. The first-order valence-corrected chi connectivity index (χ1v) is 4.47. The number of rotatable bonds is 2. The maximum absolute atomic E-state index is 10.4. The zero-order valence-electron chi connectivity index (χ0n) is 6.42. The minimum atomic E-state index is -0.465. The fraction of sp³-hybridized carbons (Fsp3) is 0.125. The van der Waals surface area contributed by atoms with Crippen LogP contribution in [0.5, 0.6) is 0 Å². The number of allylic oxidation sites excluding steroid dienone is 1. The Bertz CT molecular complexity index is 330. The van der Waals surface area contributed by atoms with Crippen LogP contribution in [0.25, 0.3) is 6.08 Å². The Balaban J connectivity index is 2.90. The quantitative estimate of drug-likeness (QED) is 0.582. The van der Waals surface area contributed by atoms with Gasteiger partial charge < -0.3 is 4.57 Å². The predicted molar refractivity (Wildman–Crippen MR) is 53.0 cm³/mol. The molecule has 0 unspecified atom stereocenters. The Kier molecular flexibility index (Phi) is 3.12. The topological polar surface area (TPSA) is 22.0 Å². The average Bonchev–Trinajstić information content (AvgIpc) is 2.30. The molecule has 0 atom stereocenters. The molecule has 0 aromatic carbocycles. The van der Waals surface area contributed by atoms with Crippen LogP contribution in [0, 0.1) is 0 Å². The standard InChI is InChI=1S/C8H7BrClNO/c1-11-6(2-4-7(11)9)3-5-8(10)12/h2-5H,1H3/b5-3+. The third kappa shape index (κ3) is 2.22. The number of carbonyl (C=O) groups is 1. The molecule has 0 bridgehead atoms. The number of nitrogens with zero attached hydrogens (tertiary/aromatic N) is 1. The molecule has 0 saturated carbocycles. The summed E-state index contributed by atoms with van der Waals surface area (Å²) in [6.45, 7) is 0. The SMILES string of the molecule is Cn1c(Br)ccc1/C=C/C(=O)Cl. The highest BCUT2D eigenvalue weighted by Crippen LogP contribution is 2.14. The van der Waals surface area contributed by atoms with Crippen LogP contribution in [-0.2, 0) is 11.8 Å². The number of hydrogen-bond acceptors (Lipinski definition) is 1. The molecule has 0 aliphatic carbocycles. The summed E-state index contributed by atoms with van der Waals surface area (Å²) in [5.74, 6) is 0. The molecule has 64 valence electrons. The molecule has 2 nitrogen and oxygen atoms in total. The molecule has 4 heteroatoms. The van der Waals surface area contributed by atoms with Crippen molar-refractivity contribution in [3.8, 4) is 0 Å². The number of carbonyl (C=O) groups excluding carboxylic acids is 1. The molecular weight excluding hydrogens is 241 g/mol. The van der Waals surface area contributed by atoms with Gasteiger partial charge in [-0.2, -0.15) is 0 Å². The molecule has 1 rings (SSSR count). The molecule has 1 aromatic heterocycles. The van der Waals surface area contributed by atoms with E-state index in [1.54, 1.807) is 6.08 Å². The van der Waals surface area contributed by atoms with Crippen LogP contribution < -0.4 is 0 Å². The molecule has 0 saturated heterocycles. The molecule has 1 aromatic rings. The highest BCUT2D eigenvalue weighted by atomic mass is 79.9. The van der Waals surface area contributed by atoms with Gasteiger partial charge in [-0.1, -0.05) is 0 Å². The smallest absolute Gasteiger partial charge is 0.245 e. The average molecular weight is 249 g/mol. The van der Waals surface area contributed by atoms with E-state index in [4.69, 9.17) is 11.6 Å². The summed E-state index contributed by atoms with van der Waals surface area (Å²) in [4.78, 5) is 10.4. The summed E-state index contributed by atoms with van der Waals surface area (Å²) in [6, 6.07) is 3.79. The highest BCUT2D eigenvalue weighted by molar-refractivity contribution is 9.10. The third-order valence-corrected chi connectivity index (χ3v) is 2.41. The molecule has 12 heavy (non-hydrogen) atoms. The van der Waals surface area contributed by atoms with Crippen LogP contribution in [0.1, 0.15) is 5.69 Å². The lowest BCUT2D eigenvalue weighted by Crippen LogP contribution is -1.90. The Morgan fingerprint density at radius 1 is 1.67 bits per heavy atom. The van der Waals surface area contributed by atoms with Gasteiger partial charge in [0.2, 0.25) is 5.24 Å². The second-order valence-corrected chi connectivity index (χ2v) is 3.46. The van der Waals surface area contributed by atoms with Crippen LogP contribution in [0.15, 0.2) is 22.8 Å². The van der Waals surface area contributed by atoms with Crippen LogP contribution in [-0.4, -0.2) is 9.81 Å². The van der Waals surface area contributed by atoms with Crippen molar-refractivity contribution in [2.45, 2.75) is 0 Å². The van der Waals surface area contributed by atoms with E-state index >= 15 is 0 Å². The van der Waals surface area contributed by atoms with Gasteiger partial charge in [-0.15, -0.1) is 0 Å². The lowest BCUT2D eigenvalue weighted by atomic mass is 10.4. The van der Waals surface area contributed by atoms with Crippen molar-refractivity contribution in [1.29, 1.82) is 0 Å². The van der Waals surface area contributed by atoms with Crippen molar-refractivity contribution < 1.29 is 4.79 Å². The van der Waals surface area contributed by atoms with Crippen molar-refractivity contribution in [3.63, 3.8) is 0 Å². The first-order chi connectivity index (χ1) is 5.61. The van der Waals surface area contributed by atoms with E-state index in [9.17, 15) is 4.79 Å². The van der Waals surface area contributed by atoms with Gasteiger partial charge in [0.1, 0.15) is 0 Å². The maximum Gasteiger partial charge on any atom is 0.245 e. The van der Waals surface area contributed by atoms with Gasteiger partial charge in [-0.3, -0.25) is 4.79 Å². The van der Waals surface area contributed by atoms with Crippen LogP contribution in [0.4, 0.5) is 0 Å². The van der Waals surface area contributed by atoms with Crippen LogP contribution >= 0.6 is 27.5 Å². The van der Waals surface area contributed by atoms with Crippen molar-refractivity contribution in [1.82, 2.24) is 4.57 Å². The molecule has 0 aliphatic heterocycles. The van der Waals surface area contributed by atoms with E-state index in [0.717, 1.165) is 10.3 Å². The summed E-state index contributed by atoms with van der Waals surface area (Å²) >= 11 is 8.47. The number of aromatic nitrogens is 1. The van der Waals surface area contributed by atoms with Crippen LogP contribution in [0.2, 0.25) is 0 Å². The molecule has 0 spiro atoms. The van der Waals surface area contributed by atoms with E-state index < -0.39 is 5.24 Å². The predicted octanol–water partition coefficient (Wildman–Crippen LogP) is 2.57. The summed E-state index contributed by atoms with van der Waals surface area (Å²) in [5.41, 5.74) is 0.927. The number of hydrogen-bond donors (Lipinski definition) is 0. The minimum Gasteiger partial charge on any atom is -0.339 e. The monoisotopic (exact) mass is 247 g/mol. The van der Waals surface area contributed by atoms with E-state index in [1.165, 1.54) is 6.08 Å². The Hall–Kier alpha value is -0.540. The van der Waals surface area contributed by atoms with E-state index in [2.05, 4.69) is 15.9 Å². The van der Waals surface area contributed by atoms with Gasteiger partial charge >= 0.3 is 0 Å². The van der Waals surface area contributed by atoms with Gasteiger partial charge in [0.05, 0.1) is 4.60 Å². The van der Waals surface area contributed by atoms with Crippen molar-refractivity contribution in [3.05, 3.63) is 28.5 Å².